The summed E-state index contributed by atoms with van der Waals surface area (Å²) in [6, 6.07) is 5.27. The van der Waals surface area contributed by atoms with Crippen LogP contribution in [0.4, 0.5) is 0 Å². The van der Waals surface area contributed by atoms with Crippen molar-refractivity contribution in [2.75, 3.05) is 0 Å². The van der Waals surface area contributed by atoms with Crippen LogP contribution in [-0.4, -0.2) is 16.0 Å². The van der Waals surface area contributed by atoms with Crippen LogP contribution >= 0.6 is 11.6 Å². The predicted octanol–water partition coefficient (Wildman–Crippen LogP) is 3.13. The van der Waals surface area contributed by atoms with Crippen molar-refractivity contribution in [3.63, 3.8) is 0 Å². The molecule has 2 aromatic rings. The Hall–Kier alpha value is -2.14. The summed E-state index contributed by atoms with van der Waals surface area (Å²) >= 11 is 5.97. The average molecular weight is 291 g/mol. The number of ether oxygens (including phenoxy) is 1. The molecule has 1 heterocycles. The van der Waals surface area contributed by atoms with Crippen molar-refractivity contribution in [2.24, 2.45) is 5.73 Å². The number of nitrogens with one attached hydrogen (secondary N) is 1. The molecule has 20 heavy (non-hydrogen) atoms. The molecule has 0 unspecified atom stereocenters. The highest BCUT2D eigenvalue weighted by atomic mass is 35.5. The van der Waals surface area contributed by atoms with Gasteiger partial charge in [-0.25, -0.2) is 0 Å². The lowest BCUT2D eigenvalue weighted by Gasteiger charge is -2.12. The molecule has 0 spiro atoms. The van der Waals surface area contributed by atoms with E-state index in [1.807, 2.05) is 20.8 Å². The Morgan fingerprint density at radius 2 is 1.95 bits per heavy atom. The SMILES string of the molecule is Cc1cc(Oc2nnc(C)c(C)c2C(=N)N)ccc1Cl. The fraction of sp³-hybridized carbons (Fsp3) is 0.214. The normalized spacial score (nSPS) is 10.4. The molecular formula is C14H15ClN4O. The second-order valence-electron chi connectivity index (χ2n) is 4.52. The zero-order valence-corrected chi connectivity index (χ0v) is 12.2. The molecule has 0 bridgehead atoms. The molecule has 0 fully saturated rings. The molecule has 0 aliphatic heterocycles. The zero-order valence-electron chi connectivity index (χ0n) is 11.5. The number of hydrogen-bond donors (Lipinski definition) is 2. The molecule has 0 saturated carbocycles. The number of benzene rings is 1. The van der Waals surface area contributed by atoms with E-state index in [0.717, 1.165) is 16.8 Å². The van der Waals surface area contributed by atoms with Crippen LogP contribution in [-0.2, 0) is 0 Å². The topological polar surface area (TPSA) is 84.9 Å². The Balaban J connectivity index is 2.45. The van der Waals surface area contributed by atoms with E-state index in [4.69, 9.17) is 27.5 Å². The van der Waals surface area contributed by atoms with Crippen LogP contribution < -0.4 is 10.5 Å². The second-order valence-corrected chi connectivity index (χ2v) is 4.92. The Labute approximate surface area is 122 Å². The average Bonchev–Trinajstić information content (AvgIpc) is 2.38. The Morgan fingerprint density at radius 3 is 2.55 bits per heavy atom. The highest BCUT2D eigenvalue weighted by molar-refractivity contribution is 6.31. The molecule has 0 atom stereocenters. The van der Waals surface area contributed by atoms with E-state index in [1.165, 1.54) is 0 Å². The first-order valence-electron chi connectivity index (χ1n) is 6.02. The van der Waals surface area contributed by atoms with Crippen molar-refractivity contribution in [1.29, 1.82) is 5.41 Å². The molecule has 104 valence electrons. The summed E-state index contributed by atoms with van der Waals surface area (Å²) in [6.07, 6.45) is 0. The summed E-state index contributed by atoms with van der Waals surface area (Å²) in [4.78, 5) is 0. The molecule has 6 heteroatoms. The number of halogens is 1. The molecular weight excluding hydrogens is 276 g/mol. The van der Waals surface area contributed by atoms with E-state index >= 15 is 0 Å². The number of nitrogens with zero attached hydrogens (tertiary/aromatic N) is 2. The molecule has 2 rings (SSSR count). The van der Waals surface area contributed by atoms with Crippen molar-refractivity contribution in [3.8, 4) is 11.6 Å². The maximum atomic E-state index is 7.66. The summed E-state index contributed by atoms with van der Waals surface area (Å²) < 4.78 is 5.69. The molecule has 0 aliphatic rings. The van der Waals surface area contributed by atoms with Crippen molar-refractivity contribution in [3.05, 3.63) is 45.6 Å². The van der Waals surface area contributed by atoms with E-state index in [0.29, 0.717) is 16.3 Å². The van der Waals surface area contributed by atoms with Gasteiger partial charge in [0.15, 0.2) is 0 Å². The first-order chi connectivity index (χ1) is 9.40. The van der Waals surface area contributed by atoms with Gasteiger partial charge in [-0.15, -0.1) is 5.10 Å². The van der Waals surface area contributed by atoms with Crippen molar-refractivity contribution in [2.45, 2.75) is 20.8 Å². The minimum absolute atomic E-state index is 0.0961. The maximum absolute atomic E-state index is 7.66. The molecule has 5 nitrogen and oxygen atoms in total. The Bertz CT molecular complexity index is 685. The third-order valence-electron chi connectivity index (χ3n) is 3.04. The lowest BCUT2D eigenvalue weighted by atomic mass is 10.1. The lowest BCUT2D eigenvalue weighted by molar-refractivity contribution is 0.452. The largest absolute Gasteiger partial charge is 0.437 e. The van der Waals surface area contributed by atoms with Crippen molar-refractivity contribution < 1.29 is 4.74 Å². The molecule has 0 radical (unpaired) electrons. The summed E-state index contributed by atoms with van der Waals surface area (Å²) in [5, 5.41) is 16.3. The van der Waals surface area contributed by atoms with Gasteiger partial charge in [-0.1, -0.05) is 11.6 Å². The molecule has 1 aromatic carbocycles. The molecule has 0 saturated heterocycles. The quantitative estimate of drug-likeness (QED) is 0.672. The third-order valence-corrected chi connectivity index (χ3v) is 3.46. The molecule has 0 amide bonds. The van der Waals surface area contributed by atoms with Crippen LogP contribution in [0.1, 0.15) is 22.4 Å². The van der Waals surface area contributed by atoms with E-state index < -0.39 is 0 Å². The smallest absolute Gasteiger partial charge is 0.250 e. The van der Waals surface area contributed by atoms with Gasteiger partial charge in [-0.05, 0) is 50.1 Å². The third kappa shape index (κ3) is 2.72. The highest BCUT2D eigenvalue weighted by Crippen LogP contribution is 2.28. The predicted molar refractivity (Wildman–Crippen MR) is 78.8 cm³/mol. The first-order valence-corrected chi connectivity index (χ1v) is 6.40. The summed E-state index contributed by atoms with van der Waals surface area (Å²) in [6.45, 7) is 5.53. The Morgan fingerprint density at radius 1 is 1.25 bits per heavy atom. The fourth-order valence-electron chi connectivity index (χ4n) is 1.77. The summed E-state index contributed by atoms with van der Waals surface area (Å²) in [5.74, 6) is 0.704. The van der Waals surface area contributed by atoms with Gasteiger partial charge in [0.2, 0.25) is 5.88 Å². The fourth-order valence-corrected chi connectivity index (χ4v) is 1.89. The van der Waals surface area contributed by atoms with E-state index in [9.17, 15) is 0 Å². The van der Waals surface area contributed by atoms with Gasteiger partial charge < -0.3 is 10.5 Å². The van der Waals surface area contributed by atoms with Crippen molar-refractivity contribution in [1.82, 2.24) is 10.2 Å². The number of nitrogen functional groups attached to an aromatic ring is 1. The van der Waals surface area contributed by atoms with Gasteiger partial charge in [0.05, 0.1) is 11.3 Å². The number of rotatable bonds is 3. The van der Waals surface area contributed by atoms with Crippen LogP contribution in [0.3, 0.4) is 0 Å². The van der Waals surface area contributed by atoms with Gasteiger partial charge in [0, 0.05) is 5.02 Å². The zero-order chi connectivity index (χ0) is 14.9. The van der Waals surface area contributed by atoms with Gasteiger partial charge in [0.1, 0.15) is 11.6 Å². The van der Waals surface area contributed by atoms with E-state index in [-0.39, 0.29) is 11.7 Å². The minimum Gasteiger partial charge on any atom is -0.437 e. The number of nitrogens with two attached hydrogens (primary N) is 1. The lowest BCUT2D eigenvalue weighted by Crippen LogP contribution is -2.16. The maximum Gasteiger partial charge on any atom is 0.250 e. The van der Waals surface area contributed by atoms with Crippen LogP contribution in [0.2, 0.25) is 5.02 Å². The van der Waals surface area contributed by atoms with Gasteiger partial charge in [-0.2, -0.15) is 5.10 Å². The number of aryl methyl sites for hydroxylation is 2. The standard InChI is InChI=1S/C14H15ClN4O/c1-7-6-10(4-5-11(7)15)20-14-12(13(16)17)8(2)9(3)18-19-14/h4-6H,1-3H3,(H3,16,17). The van der Waals surface area contributed by atoms with Gasteiger partial charge in [0.25, 0.3) is 0 Å². The number of amidine groups is 1. The Kier molecular flexibility index (Phi) is 3.90. The summed E-state index contributed by atoms with van der Waals surface area (Å²) in [7, 11) is 0. The van der Waals surface area contributed by atoms with E-state index in [1.54, 1.807) is 18.2 Å². The van der Waals surface area contributed by atoms with E-state index in [2.05, 4.69) is 10.2 Å². The van der Waals surface area contributed by atoms with Crippen molar-refractivity contribution >= 4 is 17.4 Å². The van der Waals surface area contributed by atoms with Crippen LogP contribution in [0.15, 0.2) is 18.2 Å². The minimum atomic E-state index is -0.0961. The van der Waals surface area contributed by atoms with Crippen LogP contribution in [0.5, 0.6) is 11.6 Å². The number of hydrogen-bond acceptors (Lipinski definition) is 4. The second kappa shape index (κ2) is 5.46. The molecule has 3 N–H and O–H groups in total. The van der Waals surface area contributed by atoms with Crippen LogP contribution in [0.25, 0.3) is 0 Å². The first kappa shape index (κ1) is 14.3. The molecule has 1 aromatic heterocycles. The van der Waals surface area contributed by atoms with Gasteiger partial charge >= 0.3 is 0 Å². The monoisotopic (exact) mass is 290 g/mol. The molecule has 0 aliphatic carbocycles. The van der Waals surface area contributed by atoms with Crippen LogP contribution in [0, 0.1) is 26.2 Å². The van der Waals surface area contributed by atoms with Gasteiger partial charge in [-0.3, -0.25) is 5.41 Å². The highest BCUT2D eigenvalue weighted by Gasteiger charge is 2.16. The number of aromatic nitrogens is 2. The summed E-state index contributed by atoms with van der Waals surface area (Å²) in [5.41, 5.74) is 8.47.